The lowest BCUT2D eigenvalue weighted by atomic mass is 10.1. The molecule has 0 aliphatic carbocycles. The lowest BCUT2D eigenvalue weighted by Crippen LogP contribution is -2.48. The van der Waals surface area contributed by atoms with Crippen LogP contribution in [0.3, 0.4) is 0 Å². The monoisotopic (exact) mass is 389 g/mol. The summed E-state index contributed by atoms with van der Waals surface area (Å²) < 4.78 is 13.3. The number of carbonyl (C=O) groups is 1. The van der Waals surface area contributed by atoms with Crippen LogP contribution in [-0.4, -0.2) is 27.7 Å². The van der Waals surface area contributed by atoms with E-state index >= 15 is 0 Å². The van der Waals surface area contributed by atoms with Gasteiger partial charge in [-0.05, 0) is 41.8 Å². The molecule has 1 aliphatic heterocycles. The quantitative estimate of drug-likeness (QED) is 0.666. The number of hydrogen-bond acceptors (Lipinski definition) is 4. The zero-order chi connectivity index (χ0) is 20.2. The fourth-order valence-corrected chi connectivity index (χ4v) is 3.25. The van der Waals surface area contributed by atoms with Gasteiger partial charge in [-0.1, -0.05) is 53.7 Å². The molecule has 1 atom stereocenters. The molecule has 0 saturated carbocycles. The van der Waals surface area contributed by atoms with Gasteiger partial charge in [-0.3, -0.25) is 14.7 Å². The number of nitrogens with zero attached hydrogens (tertiary/aromatic N) is 3. The van der Waals surface area contributed by atoms with Crippen molar-refractivity contribution in [3.63, 3.8) is 0 Å². The molecular formula is C23H20FN3O2. The summed E-state index contributed by atoms with van der Waals surface area (Å²) in [6, 6.07) is 19.5. The highest BCUT2D eigenvalue weighted by Crippen LogP contribution is 2.21. The van der Waals surface area contributed by atoms with Crippen molar-refractivity contribution in [3.8, 4) is 0 Å². The lowest BCUT2D eigenvalue weighted by Gasteiger charge is -2.31. The van der Waals surface area contributed by atoms with E-state index in [2.05, 4.69) is 10.1 Å². The van der Waals surface area contributed by atoms with E-state index in [0.717, 1.165) is 16.7 Å². The van der Waals surface area contributed by atoms with Crippen molar-refractivity contribution in [2.45, 2.75) is 26.0 Å². The summed E-state index contributed by atoms with van der Waals surface area (Å²) in [5.41, 5.74) is 3.25. The molecule has 5 nitrogen and oxygen atoms in total. The molecule has 2 aromatic carbocycles. The first kappa shape index (κ1) is 18.8. The third-order valence-corrected chi connectivity index (χ3v) is 4.80. The van der Waals surface area contributed by atoms with Crippen molar-refractivity contribution in [1.29, 1.82) is 0 Å². The second-order valence-corrected chi connectivity index (χ2v) is 6.92. The molecule has 0 saturated heterocycles. The Morgan fingerprint density at radius 1 is 1.00 bits per heavy atom. The molecule has 3 aromatic rings. The minimum atomic E-state index is -0.731. The Kier molecular flexibility index (Phi) is 5.33. The van der Waals surface area contributed by atoms with Crippen molar-refractivity contribution in [1.82, 2.24) is 9.88 Å². The molecule has 4 rings (SSSR count). The summed E-state index contributed by atoms with van der Waals surface area (Å²) in [4.78, 5) is 24.9. The fraction of sp³-hybridized carbons (Fsp3) is 0.174. The van der Waals surface area contributed by atoms with Crippen molar-refractivity contribution in [2.24, 2.45) is 5.16 Å². The molecule has 6 heteroatoms. The van der Waals surface area contributed by atoms with E-state index in [4.69, 9.17) is 4.84 Å². The molecule has 0 spiro atoms. The lowest BCUT2D eigenvalue weighted by molar-refractivity contribution is -0.143. The van der Waals surface area contributed by atoms with Gasteiger partial charge in [-0.25, -0.2) is 4.39 Å². The van der Waals surface area contributed by atoms with Crippen LogP contribution < -0.4 is 0 Å². The molecule has 0 radical (unpaired) electrons. The molecule has 2 heterocycles. The van der Waals surface area contributed by atoms with Gasteiger partial charge in [0.1, 0.15) is 11.5 Å². The molecule has 1 aromatic heterocycles. The van der Waals surface area contributed by atoms with Crippen LogP contribution in [0.25, 0.3) is 0 Å². The Morgan fingerprint density at radius 2 is 1.76 bits per heavy atom. The molecule has 0 fully saturated rings. The summed E-state index contributed by atoms with van der Waals surface area (Å²) in [5.74, 6) is -0.159. The maximum atomic E-state index is 13.3. The first-order chi connectivity index (χ1) is 14.1. The highest BCUT2D eigenvalue weighted by atomic mass is 19.1. The Labute approximate surface area is 168 Å². The van der Waals surface area contributed by atoms with Crippen LogP contribution in [-0.2, 0) is 22.6 Å². The van der Waals surface area contributed by atoms with Crippen LogP contribution >= 0.6 is 0 Å². The number of pyridine rings is 1. The highest BCUT2D eigenvalue weighted by Gasteiger charge is 2.35. The maximum absolute atomic E-state index is 13.3. The maximum Gasteiger partial charge on any atom is 0.272 e. The van der Waals surface area contributed by atoms with E-state index in [1.54, 1.807) is 23.2 Å². The first-order valence-corrected chi connectivity index (χ1v) is 9.37. The Morgan fingerprint density at radius 3 is 2.48 bits per heavy atom. The van der Waals surface area contributed by atoms with Gasteiger partial charge in [0.05, 0.1) is 6.54 Å². The average molecular weight is 389 g/mol. The Hall–Kier alpha value is -3.54. The van der Waals surface area contributed by atoms with E-state index < -0.39 is 6.10 Å². The van der Waals surface area contributed by atoms with Crippen molar-refractivity contribution in [3.05, 3.63) is 101 Å². The van der Waals surface area contributed by atoms with Crippen LogP contribution in [0.2, 0.25) is 0 Å². The number of halogens is 1. The van der Waals surface area contributed by atoms with Crippen LogP contribution in [0.15, 0.2) is 78.1 Å². The SMILES string of the molecule is Cc1cccnc1C1=NOC(Cc2ccccc2)C(=O)N1Cc1ccc(F)cc1. The molecule has 29 heavy (non-hydrogen) atoms. The molecule has 146 valence electrons. The number of aryl methyl sites for hydroxylation is 1. The Balaban J connectivity index is 1.67. The third kappa shape index (κ3) is 4.16. The van der Waals surface area contributed by atoms with Gasteiger partial charge in [0.2, 0.25) is 11.9 Å². The van der Waals surface area contributed by atoms with Crippen molar-refractivity contribution >= 4 is 11.7 Å². The second kappa shape index (κ2) is 8.22. The highest BCUT2D eigenvalue weighted by molar-refractivity contribution is 6.09. The topological polar surface area (TPSA) is 54.8 Å². The summed E-state index contributed by atoms with van der Waals surface area (Å²) >= 11 is 0. The smallest absolute Gasteiger partial charge is 0.272 e. The van der Waals surface area contributed by atoms with Crippen LogP contribution in [0.4, 0.5) is 4.39 Å². The molecule has 1 unspecified atom stereocenters. The first-order valence-electron chi connectivity index (χ1n) is 9.37. The number of oxime groups is 1. The predicted molar refractivity (Wildman–Crippen MR) is 107 cm³/mol. The minimum absolute atomic E-state index is 0.201. The zero-order valence-corrected chi connectivity index (χ0v) is 16.0. The normalized spacial score (nSPS) is 16.3. The third-order valence-electron chi connectivity index (χ3n) is 4.80. The standard InChI is InChI=1S/C23H20FN3O2/c1-16-6-5-13-25-21(16)22-26-29-20(14-17-7-3-2-4-8-17)23(28)27(22)15-18-9-11-19(24)12-10-18/h2-13,20H,14-15H2,1H3. The van der Waals surface area contributed by atoms with E-state index in [1.165, 1.54) is 12.1 Å². The summed E-state index contributed by atoms with van der Waals surface area (Å²) in [5, 5.41) is 4.27. The van der Waals surface area contributed by atoms with E-state index in [0.29, 0.717) is 18.0 Å². The molecule has 1 amide bonds. The van der Waals surface area contributed by atoms with Gasteiger partial charge in [0.15, 0.2) is 0 Å². The van der Waals surface area contributed by atoms with Gasteiger partial charge >= 0.3 is 0 Å². The average Bonchev–Trinajstić information content (AvgIpc) is 2.74. The van der Waals surface area contributed by atoms with Gasteiger partial charge < -0.3 is 4.84 Å². The van der Waals surface area contributed by atoms with Crippen LogP contribution in [0.1, 0.15) is 22.4 Å². The van der Waals surface area contributed by atoms with Gasteiger partial charge in [0.25, 0.3) is 5.91 Å². The van der Waals surface area contributed by atoms with Crippen molar-refractivity contribution < 1.29 is 14.0 Å². The summed E-state index contributed by atoms with van der Waals surface area (Å²) in [6.45, 7) is 2.16. The summed E-state index contributed by atoms with van der Waals surface area (Å²) in [7, 11) is 0. The number of rotatable bonds is 5. The zero-order valence-electron chi connectivity index (χ0n) is 16.0. The van der Waals surface area contributed by atoms with E-state index in [1.807, 2.05) is 49.4 Å². The molecule has 1 aliphatic rings. The van der Waals surface area contributed by atoms with Crippen LogP contribution in [0, 0.1) is 12.7 Å². The molecule has 0 N–H and O–H groups in total. The fourth-order valence-electron chi connectivity index (χ4n) is 3.25. The largest absolute Gasteiger partial charge is 0.380 e. The molecule has 0 bridgehead atoms. The number of aromatic nitrogens is 1. The number of amides is 1. The van der Waals surface area contributed by atoms with Gasteiger partial charge in [0, 0.05) is 12.6 Å². The minimum Gasteiger partial charge on any atom is -0.380 e. The second-order valence-electron chi connectivity index (χ2n) is 6.92. The van der Waals surface area contributed by atoms with E-state index in [9.17, 15) is 9.18 Å². The number of amidine groups is 1. The molecular weight excluding hydrogens is 369 g/mol. The van der Waals surface area contributed by atoms with Gasteiger partial charge in [-0.15, -0.1) is 0 Å². The van der Waals surface area contributed by atoms with Crippen molar-refractivity contribution in [2.75, 3.05) is 0 Å². The predicted octanol–water partition coefficient (Wildman–Crippen LogP) is 3.86. The number of hydrogen-bond donors (Lipinski definition) is 0. The Bertz CT molecular complexity index is 1040. The van der Waals surface area contributed by atoms with Crippen LogP contribution in [0.5, 0.6) is 0 Å². The van der Waals surface area contributed by atoms with E-state index in [-0.39, 0.29) is 18.3 Å². The number of benzene rings is 2. The summed E-state index contributed by atoms with van der Waals surface area (Å²) in [6.07, 6.45) is 1.34. The van der Waals surface area contributed by atoms with Gasteiger partial charge in [-0.2, -0.15) is 0 Å². The number of carbonyl (C=O) groups excluding carboxylic acids is 1.